The average Bonchev–Trinajstić information content (AvgIpc) is 2.60. The minimum Gasteiger partial charge on any atom is -0.542 e. The number of hydrogen-bond donors (Lipinski definition) is 0. The van der Waals surface area contributed by atoms with Crippen LogP contribution in [0.2, 0.25) is 0 Å². The van der Waals surface area contributed by atoms with Gasteiger partial charge in [0, 0.05) is 5.56 Å². The molecule has 4 nitrogen and oxygen atoms in total. The number of carboxylic acids is 1. The molecule has 4 heteroatoms. The third-order valence-corrected chi connectivity index (χ3v) is 3.85. The molecule has 0 aliphatic rings. The molecule has 0 atom stereocenters. The minimum absolute atomic E-state index is 0.164. The molecule has 0 aliphatic heterocycles. The van der Waals surface area contributed by atoms with Gasteiger partial charge in [-0.3, -0.25) is 0 Å². The Morgan fingerprint density at radius 3 is 2.38 bits per heavy atom. The first-order chi connectivity index (χ1) is 12.3. The Morgan fingerprint density at radius 2 is 1.81 bits per heavy atom. The molecule has 2 aromatic rings. The third kappa shape index (κ3) is 5.38. The van der Waals surface area contributed by atoms with E-state index in [1.165, 1.54) is 6.08 Å². The van der Waals surface area contributed by atoms with E-state index in [2.05, 4.69) is 20.8 Å². The lowest BCUT2D eigenvalue weighted by molar-refractivity contribution is -0.303. The molecule has 0 saturated carbocycles. The molecule has 0 bridgehead atoms. The third-order valence-electron chi connectivity index (χ3n) is 3.85. The number of benzene rings is 2. The summed E-state index contributed by atoms with van der Waals surface area (Å²) in [5.41, 5.74) is 2.65. The topological polar surface area (TPSA) is 58.6 Å². The maximum Gasteiger partial charge on any atom is 0.142 e. The molecular formula is C22H25O4-. The molecular weight excluding hydrogens is 328 g/mol. The summed E-state index contributed by atoms with van der Waals surface area (Å²) in [5.74, 6) is -0.719. The van der Waals surface area contributed by atoms with Crippen LogP contribution in [0.25, 0.3) is 6.08 Å². The maximum absolute atomic E-state index is 11.2. The van der Waals surface area contributed by atoms with E-state index in [4.69, 9.17) is 9.47 Å². The molecule has 26 heavy (non-hydrogen) atoms. The van der Waals surface area contributed by atoms with E-state index < -0.39 is 5.97 Å². The van der Waals surface area contributed by atoms with Crippen molar-refractivity contribution in [3.8, 4) is 5.75 Å². The van der Waals surface area contributed by atoms with Gasteiger partial charge < -0.3 is 19.4 Å². The number of carbonyl (C=O) groups excluding carboxylic acids is 1. The van der Waals surface area contributed by atoms with E-state index in [9.17, 15) is 9.90 Å². The van der Waals surface area contributed by atoms with Crippen LogP contribution in [0.1, 0.15) is 44.4 Å². The Hall–Kier alpha value is -2.75. The van der Waals surface area contributed by atoms with Crippen LogP contribution in [0.3, 0.4) is 0 Å². The summed E-state index contributed by atoms with van der Waals surface area (Å²) < 4.78 is 11.2. The van der Waals surface area contributed by atoms with Crippen LogP contribution in [-0.4, -0.2) is 12.6 Å². The molecule has 0 spiro atoms. The fourth-order valence-corrected chi connectivity index (χ4v) is 2.55. The zero-order valence-corrected chi connectivity index (χ0v) is 15.7. The average molecular weight is 353 g/mol. The van der Waals surface area contributed by atoms with Gasteiger partial charge in [-0.2, -0.15) is 0 Å². The monoisotopic (exact) mass is 353 g/mol. The number of carboxylic acid groups (broad SMARTS) is 1. The molecule has 0 N–H and O–H groups in total. The van der Waals surface area contributed by atoms with Crippen molar-refractivity contribution >= 4 is 12.0 Å². The van der Waals surface area contributed by atoms with Gasteiger partial charge in [-0.15, -0.1) is 0 Å². The number of carbonyl (C=O) groups is 1. The summed E-state index contributed by atoms with van der Waals surface area (Å²) in [4.78, 5) is 11.2. The highest BCUT2D eigenvalue weighted by Gasteiger charge is 2.19. The van der Waals surface area contributed by atoms with Crippen LogP contribution >= 0.6 is 0 Å². The van der Waals surface area contributed by atoms with Crippen molar-refractivity contribution in [2.75, 3.05) is 6.61 Å². The van der Waals surface area contributed by atoms with Crippen LogP contribution in [0.15, 0.2) is 54.3 Å². The Balaban J connectivity index is 2.32. The van der Waals surface area contributed by atoms with Gasteiger partial charge >= 0.3 is 0 Å². The summed E-state index contributed by atoms with van der Waals surface area (Å²) in [6.45, 7) is 8.75. The van der Waals surface area contributed by atoms with Crippen molar-refractivity contribution in [1.29, 1.82) is 0 Å². The molecule has 138 valence electrons. The second-order valence-electron chi connectivity index (χ2n) is 7.01. The van der Waals surface area contributed by atoms with Crippen molar-refractivity contribution in [2.24, 2.45) is 0 Å². The highest BCUT2D eigenvalue weighted by molar-refractivity contribution is 5.88. The predicted molar refractivity (Wildman–Crippen MR) is 101 cm³/mol. The molecule has 0 aliphatic carbocycles. The molecule has 0 heterocycles. The van der Waals surface area contributed by atoms with Gasteiger partial charge in [0.25, 0.3) is 0 Å². The fraction of sp³-hybridized carbons (Fsp3) is 0.318. The number of aliphatic carboxylic acids is 1. The van der Waals surface area contributed by atoms with Crippen molar-refractivity contribution in [3.63, 3.8) is 0 Å². The molecule has 0 fully saturated rings. The van der Waals surface area contributed by atoms with Gasteiger partial charge in [0.05, 0.1) is 6.61 Å². The Labute approximate surface area is 155 Å². The molecule has 0 unspecified atom stereocenters. The maximum atomic E-state index is 11.2. The summed E-state index contributed by atoms with van der Waals surface area (Å²) in [6.07, 6.45) is 1.48. The van der Waals surface area contributed by atoms with Crippen molar-refractivity contribution in [2.45, 2.75) is 39.7 Å². The number of hydrogen-bond acceptors (Lipinski definition) is 4. The van der Waals surface area contributed by atoms with Crippen molar-refractivity contribution < 1.29 is 19.4 Å². The van der Waals surface area contributed by atoms with E-state index in [1.54, 1.807) is 6.92 Å². The molecule has 2 rings (SSSR count). The predicted octanol–water partition coefficient (Wildman–Crippen LogP) is 3.69. The Kier molecular flexibility index (Phi) is 6.45. The van der Waals surface area contributed by atoms with Gasteiger partial charge in [-0.25, -0.2) is 0 Å². The highest BCUT2D eigenvalue weighted by Crippen LogP contribution is 2.33. The first-order valence-corrected chi connectivity index (χ1v) is 8.68. The smallest absolute Gasteiger partial charge is 0.142 e. The first-order valence-electron chi connectivity index (χ1n) is 8.68. The van der Waals surface area contributed by atoms with Crippen LogP contribution in [0.4, 0.5) is 0 Å². The molecule has 0 radical (unpaired) electrons. The number of ether oxygens (including phenoxy) is 2. The molecule has 2 aromatic carbocycles. The lowest BCUT2D eigenvalue weighted by Gasteiger charge is -2.23. The quantitative estimate of drug-likeness (QED) is 0.563. The fourth-order valence-electron chi connectivity index (χ4n) is 2.55. The van der Waals surface area contributed by atoms with Gasteiger partial charge in [0.2, 0.25) is 0 Å². The normalized spacial score (nSPS) is 11.9. The van der Waals surface area contributed by atoms with Crippen LogP contribution < -0.4 is 9.84 Å². The zero-order chi connectivity index (χ0) is 19.2. The van der Waals surface area contributed by atoms with Gasteiger partial charge in [0.1, 0.15) is 24.1 Å². The van der Waals surface area contributed by atoms with Crippen LogP contribution in [0, 0.1) is 0 Å². The lowest BCUT2D eigenvalue weighted by atomic mass is 9.85. The van der Waals surface area contributed by atoms with Crippen molar-refractivity contribution in [1.82, 2.24) is 0 Å². The summed E-state index contributed by atoms with van der Waals surface area (Å²) in [5, 5.41) is 11.2. The Morgan fingerprint density at radius 1 is 1.12 bits per heavy atom. The van der Waals surface area contributed by atoms with Crippen LogP contribution in [0.5, 0.6) is 5.75 Å². The first kappa shape index (κ1) is 19.6. The SMILES string of the molecule is CCO/C(=C\c1ccc(OCc2ccccc2)c(C(C)(C)C)c1)C(=O)[O-]. The van der Waals surface area contributed by atoms with Gasteiger partial charge in [-0.1, -0.05) is 57.2 Å². The van der Waals surface area contributed by atoms with E-state index in [-0.39, 0.29) is 17.8 Å². The largest absolute Gasteiger partial charge is 0.542 e. The summed E-state index contributed by atoms with van der Waals surface area (Å²) in [7, 11) is 0. The zero-order valence-electron chi connectivity index (χ0n) is 15.7. The molecule has 0 saturated heterocycles. The second kappa shape index (κ2) is 8.56. The number of rotatable bonds is 7. The van der Waals surface area contributed by atoms with Gasteiger partial charge in [-0.05, 0) is 41.7 Å². The van der Waals surface area contributed by atoms with Crippen molar-refractivity contribution in [3.05, 3.63) is 71.0 Å². The van der Waals surface area contributed by atoms with E-state index in [0.717, 1.165) is 22.4 Å². The van der Waals surface area contributed by atoms with Crippen LogP contribution in [-0.2, 0) is 21.6 Å². The minimum atomic E-state index is -1.33. The summed E-state index contributed by atoms with van der Waals surface area (Å²) >= 11 is 0. The van der Waals surface area contributed by atoms with Gasteiger partial charge in [0.15, 0.2) is 0 Å². The lowest BCUT2D eigenvalue weighted by Crippen LogP contribution is -2.25. The molecule has 0 amide bonds. The summed E-state index contributed by atoms with van der Waals surface area (Å²) in [6, 6.07) is 15.6. The molecule has 0 aromatic heterocycles. The Bertz CT molecular complexity index is 770. The highest BCUT2D eigenvalue weighted by atomic mass is 16.5. The van der Waals surface area contributed by atoms with E-state index in [1.807, 2.05) is 48.5 Å². The second-order valence-corrected chi connectivity index (χ2v) is 7.01. The van der Waals surface area contributed by atoms with E-state index in [0.29, 0.717) is 6.61 Å². The standard InChI is InChI=1S/C22H26O4/c1-5-25-20(21(23)24)14-17-11-12-19(18(13-17)22(2,3)4)26-15-16-9-7-6-8-10-16/h6-14H,5,15H2,1-4H3,(H,23,24)/p-1/b20-14-. The van der Waals surface area contributed by atoms with E-state index >= 15 is 0 Å².